The Morgan fingerprint density at radius 3 is 1.81 bits per heavy atom. The summed E-state index contributed by atoms with van der Waals surface area (Å²) in [5, 5.41) is 4.08. The van der Waals surface area contributed by atoms with E-state index in [9.17, 15) is 0 Å². The second-order valence-electron chi connectivity index (χ2n) is 7.84. The number of nitrogens with zero attached hydrogens (tertiary/aromatic N) is 1. The molecule has 0 spiro atoms. The molecule has 1 saturated heterocycles. The van der Waals surface area contributed by atoms with Crippen molar-refractivity contribution in [1.29, 1.82) is 0 Å². The first-order chi connectivity index (χ1) is 15.3. The summed E-state index contributed by atoms with van der Waals surface area (Å²) < 4.78 is 6.42. The van der Waals surface area contributed by atoms with E-state index in [0.717, 1.165) is 0 Å². The minimum atomic E-state index is -0.677. The van der Waals surface area contributed by atoms with Crippen LogP contribution in [0.5, 0.6) is 0 Å². The Hall–Kier alpha value is -2.77. The maximum absolute atomic E-state index is 6.42. The number of hydrogen-bond donors (Lipinski definition) is 0. The van der Waals surface area contributed by atoms with Crippen LogP contribution in [0.2, 0.25) is 0 Å². The highest BCUT2D eigenvalue weighted by molar-refractivity contribution is 7.79. The van der Waals surface area contributed by atoms with Gasteiger partial charge in [-0.1, -0.05) is 115 Å². The maximum atomic E-state index is 6.42. The summed E-state index contributed by atoms with van der Waals surface area (Å²) in [7, 11) is 1.50. The van der Waals surface area contributed by atoms with Crippen LogP contribution in [0.1, 0.15) is 23.4 Å². The third-order valence-electron chi connectivity index (χ3n) is 5.93. The average molecular weight is 423 g/mol. The summed E-state index contributed by atoms with van der Waals surface area (Å²) in [6.07, 6.45) is -0.0566. The van der Waals surface area contributed by atoms with Gasteiger partial charge in [0.2, 0.25) is 0 Å². The van der Waals surface area contributed by atoms with Gasteiger partial charge < -0.3 is 4.74 Å². The number of ether oxygens (including phenoxy) is 1. The van der Waals surface area contributed by atoms with E-state index in [4.69, 9.17) is 4.74 Å². The van der Waals surface area contributed by atoms with Gasteiger partial charge >= 0.3 is 0 Å². The Balaban J connectivity index is 1.57. The van der Waals surface area contributed by atoms with E-state index in [1.807, 2.05) is 0 Å². The van der Waals surface area contributed by atoms with Gasteiger partial charge in [0.05, 0.1) is 12.6 Å². The molecule has 0 N–H and O–H groups in total. The number of rotatable bonds is 5. The Labute approximate surface area is 185 Å². The normalized spacial score (nSPS) is 19.0. The molecule has 0 aromatic heterocycles. The Morgan fingerprint density at radius 1 is 0.677 bits per heavy atom. The summed E-state index contributed by atoms with van der Waals surface area (Å²) in [6.45, 7) is 0.702. The first-order valence-corrected chi connectivity index (χ1v) is 12.0. The smallest absolute Gasteiger partial charge is 0.137 e. The van der Waals surface area contributed by atoms with E-state index in [-0.39, 0.29) is 12.3 Å². The van der Waals surface area contributed by atoms with Crippen LogP contribution in [0.3, 0.4) is 0 Å². The third kappa shape index (κ3) is 4.07. The Bertz CT molecular complexity index is 1080. The van der Waals surface area contributed by atoms with Gasteiger partial charge in [0.25, 0.3) is 0 Å². The van der Waals surface area contributed by atoms with Gasteiger partial charge in [-0.05, 0) is 36.4 Å². The topological polar surface area (TPSA) is 12.5 Å². The third-order valence-corrected chi connectivity index (χ3v) is 8.45. The van der Waals surface area contributed by atoms with Crippen molar-refractivity contribution in [3.05, 3.63) is 126 Å². The van der Waals surface area contributed by atoms with Crippen molar-refractivity contribution < 1.29 is 4.74 Å². The lowest BCUT2D eigenvalue weighted by atomic mass is 10.1. The highest BCUT2D eigenvalue weighted by Gasteiger charge is 2.35. The number of hydrogen-bond acceptors (Lipinski definition) is 2. The summed E-state index contributed by atoms with van der Waals surface area (Å²) in [5.41, 5.74) is 2.57. The molecule has 5 rings (SSSR count). The van der Waals surface area contributed by atoms with Crippen molar-refractivity contribution in [2.75, 3.05) is 13.7 Å². The largest absolute Gasteiger partial charge is 0.357 e. The first-order valence-electron chi connectivity index (χ1n) is 10.7. The minimum Gasteiger partial charge on any atom is -0.357 e. The van der Waals surface area contributed by atoms with Crippen LogP contribution in [0.4, 0.5) is 0 Å². The molecule has 1 aliphatic heterocycles. The van der Waals surface area contributed by atoms with Crippen LogP contribution in [0.15, 0.2) is 115 Å². The molecule has 1 fully saturated rings. The molecule has 0 radical (unpaired) electrons. The fraction of sp³-hybridized carbons (Fsp3) is 0.143. The molecular formula is C28H26NOP. The molecule has 1 unspecified atom stereocenters. The second kappa shape index (κ2) is 9.16. The molecule has 4 aromatic rings. The number of likely N-dealkylation sites (N-methyl/N-ethyl adjacent to an activating group) is 1. The van der Waals surface area contributed by atoms with Gasteiger partial charge in [0, 0.05) is 5.56 Å². The highest BCUT2D eigenvalue weighted by atomic mass is 31.1. The van der Waals surface area contributed by atoms with Gasteiger partial charge in [-0.15, -0.1) is 0 Å². The van der Waals surface area contributed by atoms with Gasteiger partial charge in [0.15, 0.2) is 0 Å². The average Bonchev–Trinajstić information content (AvgIpc) is 3.23. The van der Waals surface area contributed by atoms with E-state index in [1.54, 1.807) is 0 Å². The van der Waals surface area contributed by atoms with Crippen LogP contribution in [0.25, 0.3) is 0 Å². The maximum Gasteiger partial charge on any atom is 0.137 e. The summed E-state index contributed by atoms with van der Waals surface area (Å²) in [6, 6.07) is 41.5. The fourth-order valence-corrected chi connectivity index (χ4v) is 6.85. The molecule has 2 atom stereocenters. The van der Waals surface area contributed by atoms with E-state index in [1.165, 1.54) is 27.0 Å². The zero-order chi connectivity index (χ0) is 21.0. The van der Waals surface area contributed by atoms with Crippen LogP contribution >= 0.6 is 7.92 Å². The fourth-order valence-electron chi connectivity index (χ4n) is 4.38. The van der Waals surface area contributed by atoms with Crippen molar-refractivity contribution in [3.8, 4) is 0 Å². The number of benzene rings is 4. The van der Waals surface area contributed by atoms with E-state index in [2.05, 4.69) is 127 Å². The van der Waals surface area contributed by atoms with Gasteiger partial charge in [-0.2, -0.15) is 0 Å². The lowest BCUT2D eigenvalue weighted by molar-refractivity contribution is 0.0441. The van der Waals surface area contributed by atoms with E-state index >= 15 is 0 Å². The molecule has 0 bridgehead atoms. The van der Waals surface area contributed by atoms with Gasteiger partial charge in [-0.25, -0.2) is 0 Å². The zero-order valence-corrected chi connectivity index (χ0v) is 18.5. The molecule has 31 heavy (non-hydrogen) atoms. The molecule has 1 aliphatic rings. The van der Waals surface area contributed by atoms with Crippen molar-refractivity contribution in [1.82, 2.24) is 4.90 Å². The molecule has 2 nitrogen and oxygen atoms in total. The molecule has 0 amide bonds. The summed E-state index contributed by atoms with van der Waals surface area (Å²) in [4.78, 5) is 2.37. The highest BCUT2D eigenvalue weighted by Crippen LogP contribution is 2.41. The monoisotopic (exact) mass is 423 g/mol. The lowest BCUT2D eigenvalue weighted by Crippen LogP contribution is -2.29. The van der Waals surface area contributed by atoms with Crippen molar-refractivity contribution in [2.45, 2.75) is 12.3 Å². The van der Waals surface area contributed by atoms with Crippen molar-refractivity contribution in [3.63, 3.8) is 0 Å². The molecule has 3 heteroatoms. The van der Waals surface area contributed by atoms with E-state index < -0.39 is 7.92 Å². The molecule has 1 heterocycles. The van der Waals surface area contributed by atoms with Crippen LogP contribution in [-0.2, 0) is 4.74 Å². The van der Waals surface area contributed by atoms with Gasteiger partial charge in [0.1, 0.15) is 6.23 Å². The van der Waals surface area contributed by atoms with Crippen LogP contribution in [-0.4, -0.2) is 18.6 Å². The van der Waals surface area contributed by atoms with Crippen molar-refractivity contribution >= 4 is 23.8 Å². The molecule has 4 aromatic carbocycles. The lowest BCUT2D eigenvalue weighted by Gasteiger charge is -2.28. The van der Waals surface area contributed by atoms with Crippen LogP contribution < -0.4 is 15.9 Å². The predicted molar refractivity (Wildman–Crippen MR) is 131 cm³/mol. The summed E-state index contributed by atoms with van der Waals surface area (Å²) >= 11 is 0. The zero-order valence-electron chi connectivity index (χ0n) is 17.6. The summed E-state index contributed by atoms with van der Waals surface area (Å²) in [5.74, 6) is 0. The Kier molecular flexibility index (Phi) is 5.95. The molecular weight excluding hydrogens is 397 g/mol. The first kappa shape index (κ1) is 20.2. The van der Waals surface area contributed by atoms with Crippen molar-refractivity contribution in [2.24, 2.45) is 0 Å². The standard InChI is InChI=1S/C28H26NOP/c1-29-26(22-13-5-2-6-14-22)21-30-28(29)25-19-11-12-20-27(25)31(23-15-7-3-8-16-23)24-17-9-4-10-18-24/h2-20,26,28H,21H2,1H3/t26-,28?/m1/s1. The van der Waals surface area contributed by atoms with E-state index in [0.29, 0.717) is 6.61 Å². The van der Waals surface area contributed by atoms with Crippen LogP contribution in [0, 0.1) is 0 Å². The molecule has 0 aliphatic carbocycles. The molecule has 0 saturated carbocycles. The quantitative estimate of drug-likeness (QED) is 0.412. The predicted octanol–water partition coefficient (Wildman–Crippen LogP) is 5.15. The Morgan fingerprint density at radius 2 is 1.19 bits per heavy atom. The minimum absolute atomic E-state index is 0.0566. The second-order valence-corrected chi connectivity index (χ2v) is 10.0. The van der Waals surface area contributed by atoms with Gasteiger partial charge in [-0.3, -0.25) is 4.90 Å². The SMILES string of the molecule is CN1C(c2ccccc2P(c2ccccc2)c2ccccc2)OC[C@@H]1c1ccccc1. The molecule has 154 valence electrons.